The molecule has 1 aromatic rings. The summed E-state index contributed by atoms with van der Waals surface area (Å²) in [5, 5.41) is 8.56. The lowest BCUT2D eigenvalue weighted by Crippen LogP contribution is -2.28. The summed E-state index contributed by atoms with van der Waals surface area (Å²) in [4.78, 5) is 33.9. The van der Waals surface area contributed by atoms with E-state index in [9.17, 15) is 14.4 Å². The Morgan fingerprint density at radius 1 is 1.36 bits per heavy atom. The first-order chi connectivity index (χ1) is 10.5. The Labute approximate surface area is 127 Å². The van der Waals surface area contributed by atoms with Crippen molar-refractivity contribution >= 4 is 18.1 Å². The van der Waals surface area contributed by atoms with Gasteiger partial charge in [0.25, 0.3) is 0 Å². The van der Waals surface area contributed by atoms with Crippen LogP contribution in [0.3, 0.4) is 0 Å². The molecule has 0 amide bonds. The zero-order chi connectivity index (χ0) is 16.3. The highest BCUT2D eigenvalue weighted by atomic mass is 16.7. The molecule has 0 spiro atoms. The molecule has 0 aromatic heterocycles. The Morgan fingerprint density at radius 2 is 2.09 bits per heavy atom. The Hall–Kier alpha value is -2.63. The molecule has 2 rings (SSSR count). The van der Waals surface area contributed by atoms with Gasteiger partial charge in [0.15, 0.2) is 0 Å². The molecular weight excluding hydrogens is 288 g/mol. The first-order valence-corrected chi connectivity index (χ1v) is 6.74. The van der Waals surface area contributed by atoms with Crippen molar-refractivity contribution in [1.29, 1.82) is 0 Å². The molecule has 1 N–H and O–H groups in total. The fourth-order valence-electron chi connectivity index (χ4n) is 2.74. The van der Waals surface area contributed by atoms with Crippen molar-refractivity contribution in [3.05, 3.63) is 47.5 Å². The second-order valence-corrected chi connectivity index (χ2v) is 5.07. The lowest BCUT2D eigenvalue weighted by molar-refractivity contribution is -0.144. The second kappa shape index (κ2) is 6.43. The van der Waals surface area contributed by atoms with Gasteiger partial charge >= 0.3 is 18.1 Å². The summed E-state index contributed by atoms with van der Waals surface area (Å²) >= 11 is 0. The lowest BCUT2D eigenvalue weighted by Gasteiger charge is -2.28. The topological polar surface area (TPSA) is 89.9 Å². The Bertz CT molecular complexity index is 634. The van der Waals surface area contributed by atoms with Crippen molar-refractivity contribution in [3.63, 3.8) is 0 Å². The number of carbonyl (C=O) groups is 3. The molecule has 6 heteroatoms. The van der Waals surface area contributed by atoms with E-state index in [1.807, 2.05) is 6.07 Å². The number of rotatable bonds is 3. The number of carbonyl (C=O) groups excluding carboxylic acids is 2. The van der Waals surface area contributed by atoms with E-state index in [1.165, 1.54) is 7.11 Å². The maximum Gasteiger partial charge on any atom is 0.513 e. The van der Waals surface area contributed by atoms with Gasteiger partial charge in [-0.25, -0.2) is 9.59 Å². The van der Waals surface area contributed by atoms with Crippen molar-refractivity contribution in [2.24, 2.45) is 5.92 Å². The maximum atomic E-state index is 11.8. The van der Waals surface area contributed by atoms with E-state index in [0.717, 1.165) is 11.1 Å². The van der Waals surface area contributed by atoms with Crippen molar-refractivity contribution in [1.82, 2.24) is 0 Å². The molecule has 1 aliphatic carbocycles. The minimum Gasteiger partial charge on any atom is -0.465 e. The molecule has 22 heavy (non-hydrogen) atoms. The summed E-state index contributed by atoms with van der Waals surface area (Å²) in [6.07, 6.45) is 0.836. The van der Waals surface area contributed by atoms with Gasteiger partial charge < -0.3 is 14.6 Å². The zero-order valence-corrected chi connectivity index (χ0v) is 12.1. The highest BCUT2D eigenvalue weighted by Gasteiger charge is 2.32. The molecule has 0 aliphatic heterocycles. The van der Waals surface area contributed by atoms with E-state index >= 15 is 0 Å². The van der Waals surface area contributed by atoms with E-state index < -0.39 is 24.0 Å². The molecule has 0 saturated carbocycles. The van der Waals surface area contributed by atoms with Gasteiger partial charge in [0, 0.05) is 5.92 Å². The summed E-state index contributed by atoms with van der Waals surface area (Å²) < 4.78 is 8.93. The number of carboxylic acid groups (broad SMARTS) is 1. The molecule has 0 bridgehead atoms. The van der Waals surface area contributed by atoms with Gasteiger partial charge in [0.2, 0.25) is 0 Å². The minimum absolute atomic E-state index is 0.0956. The molecular formula is C16H16O6. The number of ether oxygens (including phenoxy) is 2. The van der Waals surface area contributed by atoms with E-state index in [4.69, 9.17) is 5.11 Å². The van der Waals surface area contributed by atoms with Crippen LogP contribution in [0.1, 0.15) is 33.8 Å². The normalized spacial score (nSPS) is 19.7. The van der Waals surface area contributed by atoms with Crippen molar-refractivity contribution in [2.75, 3.05) is 7.11 Å². The van der Waals surface area contributed by atoms with Crippen LogP contribution in [0, 0.1) is 5.92 Å². The lowest BCUT2D eigenvalue weighted by atomic mass is 9.76. The summed E-state index contributed by atoms with van der Waals surface area (Å²) in [6, 6.07) is 5.14. The van der Waals surface area contributed by atoms with E-state index in [1.54, 1.807) is 18.2 Å². The van der Waals surface area contributed by atoms with Crippen LogP contribution < -0.4 is 0 Å². The highest BCUT2D eigenvalue weighted by Crippen LogP contribution is 2.36. The standard InChI is InChI=1S/C16H16O6/c1-3-9-6-12(15(18)22-16(19)20)8-11-7-10(14(17)21-2)4-5-13(9)11/h3-5,7,9,12H,1,6,8H2,2H3,(H,19,20). The van der Waals surface area contributed by atoms with Crippen molar-refractivity contribution in [2.45, 2.75) is 18.8 Å². The van der Waals surface area contributed by atoms with Gasteiger partial charge in [-0.05, 0) is 36.1 Å². The van der Waals surface area contributed by atoms with Crippen LogP contribution in [0.15, 0.2) is 30.9 Å². The van der Waals surface area contributed by atoms with Crippen LogP contribution in [-0.2, 0) is 20.7 Å². The number of esters is 2. The molecule has 0 fully saturated rings. The summed E-state index contributed by atoms with van der Waals surface area (Å²) in [5.74, 6) is -1.93. The molecule has 1 aliphatic rings. The monoisotopic (exact) mass is 304 g/mol. The molecule has 1 aromatic carbocycles. The summed E-state index contributed by atoms with van der Waals surface area (Å²) in [5.41, 5.74) is 2.16. The zero-order valence-electron chi connectivity index (χ0n) is 12.1. The molecule has 2 atom stereocenters. The number of fused-ring (bicyclic) bond motifs is 1. The Morgan fingerprint density at radius 3 is 2.68 bits per heavy atom. The third kappa shape index (κ3) is 3.16. The quantitative estimate of drug-likeness (QED) is 0.524. The number of hydrogen-bond acceptors (Lipinski definition) is 5. The van der Waals surface area contributed by atoms with Crippen LogP contribution in [0.5, 0.6) is 0 Å². The second-order valence-electron chi connectivity index (χ2n) is 5.07. The molecule has 6 nitrogen and oxygen atoms in total. The van der Waals surface area contributed by atoms with Gasteiger partial charge in [-0.15, -0.1) is 6.58 Å². The van der Waals surface area contributed by atoms with Gasteiger partial charge in [0.1, 0.15) is 0 Å². The van der Waals surface area contributed by atoms with Crippen LogP contribution >= 0.6 is 0 Å². The largest absolute Gasteiger partial charge is 0.513 e. The number of methoxy groups -OCH3 is 1. The number of allylic oxidation sites excluding steroid dienone is 1. The average Bonchev–Trinajstić information content (AvgIpc) is 2.51. The van der Waals surface area contributed by atoms with Gasteiger partial charge in [0.05, 0.1) is 18.6 Å². The van der Waals surface area contributed by atoms with Crippen molar-refractivity contribution < 1.29 is 29.0 Å². The molecule has 2 unspecified atom stereocenters. The maximum absolute atomic E-state index is 11.8. The van der Waals surface area contributed by atoms with Crippen molar-refractivity contribution in [3.8, 4) is 0 Å². The van der Waals surface area contributed by atoms with E-state index in [2.05, 4.69) is 16.1 Å². The number of benzene rings is 1. The van der Waals surface area contributed by atoms with Crippen LogP contribution in [-0.4, -0.2) is 30.3 Å². The van der Waals surface area contributed by atoms with Crippen LogP contribution in [0.25, 0.3) is 0 Å². The third-order valence-electron chi connectivity index (χ3n) is 3.77. The third-order valence-corrected chi connectivity index (χ3v) is 3.77. The Kier molecular flexibility index (Phi) is 4.60. The predicted octanol–water partition coefficient (Wildman–Crippen LogP) is 2.53. The molecule has 0 radical (unpaired) electrons. The van der Waals surface area contributed by atoms with Crippen LogP contribution in [0.4, 0.5) is 4.79 Å². The van der Waals surface area contributed by atoms with E-state index in [0.29, 0.717) is 18.4 Å². The first-order valence-electron chi connectivity index (χ1n) is 6.74. The SMILES string of the molecule is C=CC1CC(C(=O)OC(=O)O)Cc2cc(C(=O)OC)ccc21. The van der Waals surface area contributed by atoms with E-state index in [-0.39, 0.29) is 5.92 Å². The molecule has 0 saturated heterocycles. The van der Waals surface area contributed by atoms with Gasteiger partial charge in [-0.1, -0.05) is 12.1 Å². The van der Waals surface area contributed by atoms with Gasteiger partial charge in [-0.3, -0.25) is 4.79 Å². The molecule has 0 heterocycles. The van der Waals surface area contributed by atoms with Gasteiger partial charge in [-0.2, -0.15) is 0 Å². The molecule has 116 valence electrons. The fraction of sp³-hybridized carbons (Fsp3) is 0.312. The Balaban J connectivity index is 2.32. The average molecular weight is 304 g/mol. The van der Waals surface area contributed by atoms with Crippen LogP contribution in [0.2, 0.25) is 0 Å². The fourth-order valence-corrected chi connectivity index (χ4v) is 2.74. The summed E-state index contributed by atoms with van der Waals surface area (Å²) in [6.45, 7) is 3.75. The predicted molar refractivity (Wildman–Crippen MR) is 76.6 cm³/mol. The highest BCUT2D eigenvalue weighted by molar-refractivity contribution is 5.90. The smallest absolute Gasteiger partial charge is 0.465 e. The number of hydrogen-bond donors (Lipinski definition) is 1. The first kappa shape index (κ1) is 15.8. The summed E-state index contributed by atoms with van der Waals surface area (Å²) in [7, 11) is 1.29. The minimum atomic E-state index is -1.62.